The predicted molar refractivity (Wildman–Crippen MR) is 122 cm³/mol. The molecule has 0 spiro atoms. The first-order valence-electron chi connectivity index (χ1n) is 10.6. The maximum atomic E-state index is 12.9. The molecule has 0 atom stereocenters. The van der Waals surface area contributed by atoms with Crippen molar-refractivity contribution in [1.29, 1.82) is 0 Å². The van der Waals surface area contributed by atoms with Crippen LogP contribution in [0.5, 0.6) is 0 Å². The summed E-state index contributed by atoms with van der Waals surface area (Å²) >= 11 is 0. The number of piperazine rings is 1. The Bertz CT molecular complexity index is 1330. The van der Waals surface area contributed by atoms with Crippen LogP contribution in [0.25, 0.3) is 11.4 Å². The number of rotatable bonds is 6. The summed E-state index contributed by atoms with van der Waals surface area (Å²) < 4.78 is 32.2. The van der Waals surface area contributed by atoms with E-state index >= 15 is 0 Å². The molecule has 178 valence electrons. The van der Waals surface area contributed by atoms with E-state index in [0.717, 1.165) is 5.56 Å². The Morgan fingerprint density at radius 3 is 2.35 bits per heavy atom. The third-order valence-electron chi connectivity index (χ3n) is 5.72. The number of nitrogens with zero attached hydrogens (tertiary/aromatic N) is 5. The number of hydrogen-bond donors (Lipinski definition) is 0. The van der Waals surface area contributed by atoms with Crippen molar-refractivity contribution in [2.75, 3.05) is 26.2 Å². The van der Waals surface area contributed by atoms with Crippen LogP contribution in [0.1, 0.15) is 27.4 Å². The van der Waals surface area contributed by atoms with Gasteiger partial charge in [0.1, 0.15) is 0 Å². The van der Waals surface area contributed by atoms with Gasteiger partial charge in [-0.2, -0.15) is 9.29 Å². The van der Waals surface area contributed by atoms with E-state index in [9.17, 15) is 23.3 Å². The normalized spacial score (nSPS) is 14.8. The number of nitro benzene ring substituents is 1. The highest BCUT2D eigenvalue weighted by Gasteiger charge is 2.30. The molecule has 1 aliphatic rings. The number of non-ortho nitro benzene ring substituents is 1. The van der Waals surface area contributed by atoms with E-state index in [0.29, 0.717) is 28.4 Å². The average molecular weight is 486 g/mol. The number of carbonyl (C=O) groups excluding carboxylic acids is 1. The molecule has 0 saturated carbocycles. The molecule has 1 aromatic heterocycles. The zero-order valence-corrected chi connectivity index (χ0v) is 19.5. The SMILES string of the molecule is Cc1nc(-c2ccc(C(=O)N3CCN(S(=O)(=O)Cc4cc([N+](=O)[O-])ccc4C)CC3)cc2)no1. The molecule has 3 aromatic rings. The minimum Gasteiger partial charge on any atom is -0.339 e. The molecule has 12 heteroatoms. The molecule has 0 radical (unpaired) electrons. The van der Waals surface area contributed by atoms with Crippen LogP contribution in [0.3, 0.4) is 0 Å². The zero-order chi connectivity index (χ0) is 24.5. The maximum Gasteiger partial charge on any atom is 0.269 e. The fourth-order valence-corrected chi connectivity index (χ4v) is 5.35. The number of benzene rings is 2. The number of sulfonamides is 1. The van der Waals surface area contributed by atoms with Gasteiger partial charge in [-0.1, -0.05) is 23.4 Å². The highest BCUT2D eigenvalue weighted by molar-refractivity contribution is 7.88. The quantitative estimate of drug-likeness (QED) is 0.383. The monoisotopic (exact) mass is 485 g/mol. The standard InChI is InChI=1S/C22H23N5O6S/c1-15-3-8-20(27(29)30)13-19(15)14-34(31,32)26-11-9-25(10-12-26)22(28)18-6-4-17(5-7-18)21-23-16(2)33-24-21/h3-8,13H,9-12,14H2,1-2H3. The van der Waals surface area contributed by atoms with Crippen LogP contribution in [-0.2, 0) is 15.8 Å². The molecule has 2 heterocycles. The zero-order valence-electron chi connectivity index (χ0n) is 18.7. The molecular formula is C22H23N5O6S. The van der Waals surface area contributed by atoms with Crippen LogP contribution in [0, 0.1) is 24.0 Å². The number of carbonyl (C=O) groups is 1. The fraction of sp³-hybridized carbons (Fsp3) is 0.318. The Hall–Kier alpha value is -3.64. The third kappa shape index (κ3) is 4.97. The van der Waals surface area contributed by atoms with Gasteiger partial charge in [-0.3, -0.25) is 14.9 Å². The Morgan fingerprint density at radius 1 is 1.09 bits per heavy atom. The second kappa shape index (κ2) is 9.31. The van der Waals surface area contributed by atoms with Crippen molar-refractivity contribution in [2.45, 2.75) is 19.6 Å². The molecule has 2 aromatic carbocycles. The number of amides is 1. The topological polar surface area (TPSA) is 140 Å². The van der Waals surface area contributed by atoms with E-state index in [1.807, 2.05) is 0 Å². The summed E-state index contributed by atoms with van der Waals surface area (Å²) in [4.78, 5) is 29.1. The van der Waals surface area contributed by atoms with Crippen LogP contribution in [-0.4, -0.2) is 64.8 Å². The molecular weight excluding hydrogens is 462 g/mol. The second-order valence-electron chi connectivity index (χ2n) is 8.03. The highest BCUT2D eigenvalue weighted by atomic mass is 32.2. The van der Waals surface area contributed by atoms with Crippen LogP contribution in [0.2, 0.25) is 0 Å². The van der Waals surface area contributed by atoms with Crippen molar-refractivity contribution in [1.82, 2.24) is 19.3 Å². The molecule has 1 saturated heterocycles. The molecule has 0 unspecified atom stereocenters. The van der Waals surface area contributed by atoms with E-state index in [2.05, 4.69) is 10.1 Å². The second-order valence-corrected chi connectivity index (χ2v) is 10.00. The fourth-order valence-electron chi connectivity index (χ4n) is 3.75. The van der Waals surface area contributed by atoms with Gasteiger partial charge >= 0.3 is 0 Å². The predicted octanol–water partition coefficient (Wildman–Crippen LogP) is 2.55. The Kier molecular flexibility index (Phi) is 6.44. The van der Waals surface area contributed by atoms with Crippen molar-refractivity contribution < 1.29 is 22.7 Å². The Morgan fingerprint density at radius 2 is 1.76 bits per heavy atom. The van der Waals surface area contributed by atoms with Crippen molar-refractivity contribution in [3.05, 3.63) is 75.2 Å². The molecule has 1 fully saturated rings. The summed E-state index contributed by atoms with van der Waals surface area (Å²) in [6, 6.07) is 11.0. The largest absolute Gasteiger partial charge is 0.339 e. The van der Waals surface area contributed by atoms with Crippen LogP contribution < -0.4 is 0 Å². The van der Waals surface area contributed by atoms with E-state index in [-0.39, 0.29) is 43.5 Å². The minimum absolute atomic E-state index is 0.147. The van der Waals surface area contributed by atoms with Crippen LogP contribution in [0.4, 0.5) is 5.69 Å². The van der Waals surface area contributed by atoms with Gasteiger partial charge in [0.05, 0.1) is 10.7 Å². The van der Waals surface area contributed by atoms with E-state index in [1.54, 1.807) is 49.1 Å². The minimum atomic E-state index is -3.70. The van der Waals surface area contributed by atoms with Gasteiger partial charge in [0.15, 0.2) is 0 Å². The summed E-state index contributed by atoms with van der Waals surface area (Å²) in [5.41, 5.74) is 2.12. The van der Waals surface area contributed by atoms with Gasteiger partial charge in [0, 0.05) is 56.4 Å². The lowest BCUT2D eigenvalue weighted by Gasteiger charge is -2.34. The van der Waals surface area contributed by atoms with Crippen LogP contribution >= 0.6 is 0 Å². The number of aryl methyl sites for hydroxylation is 2. The molecule has 11 nitrogen and oxygen atoms in total. The first-order chi connectivity index (χ1) is 16.1. The highest BCUT2D eigenvalue weighted by Crippen LogP contribution is 2.22. The first-order valence-corrected chi connectivity index (χ1v) is 12.2. The molecule has 0 aliphatic carbocycles. The van der Waals surface area contributed by atoms with Gasteiger partial charge in [-0.25, -0.2) is 8.42 Å². The smallest absolute Gasteiger partial charge is 0.269 e. The first kappa shape index (κ1) is 23.5. The van der Waals surface area contributed by atoms with E-state index in [1.165, 1.54) is 16.4 Å². The molecule has 0 bridgehead atoms. The van der Waals surface area contributed by atoms with Gasteiger partial charge in [-0.15, -0.1) is 0 Å². The number of nitro groups is 1. The summed E-state index contributed by atoms with van der Waals surface area (Å²) in [5, 5.41) is 14.9. The van der Waals surface area contributed by atoms with Gasteiger partial charge < -0.3 is 9.42 Å². The van der Waals surface area contributed by atoms with Crippen molar-refractivity contribution in [3.63, 3.8) is 0 Å². The van der Waals surface area contributed by atoms with Crippen molar-refractivity contribution in [3.8, 4) is 11.4 Å². The maximum absolute atomic E-state index is 12.9. The number of hydrogen-bond acceptors (Lipinski definition) is 8. The van der Waals surface area contributed by atoms with Gasteiger partial charge in [-0.05, 0) is 30.2 Å². The summed E-state index contributed by atoms with van der Waals surface area (Å²) in [6.07, 6.45) is 0. The van der Waals surface area contributed by atoms with Gasteiger partial charge in [0.2, 0.25) is 21.7 Å². The van der Waals surface area contributed by atoms with Gasteiger partial charge in [0.25, 0.3) is 11.6 Å². The molecule has 1 amide bonds. The number of aromatic nitrogens is 2. The van der Waals surface area contributed by atoms with Crippen molar-refractivity contribution in [2.24, 2.45) is 0 Å². The van der Waals surface area contributed by atoms with Crippen LogP contribution in [0.15, 0.2) is 47.0 Å². The Labute approximate surface area is 196 Å². The lowest BCUT2D eigenvalue weighted by molar-refractivity contribution is -0.384. The molecule has 4 rings (SSSR count). The summed E-state index contributed by atoms with van der Waals surface area (Å²) in [7, 11) is -3.70. The lowest BCUT2D eigenvalue weighted by Crippen LogP contribution is -2.50. The summed E-state index contributed by atoms with van der Waals surface area (Å²) in [6.45, 7) is 4.22. The average Bonchev–Trinajstić information content (AvgIpc) is 3.26. The Balaban J connectivity index is 1.39. The lowest BCUT2D eigenvalue weighted by atomic mass is 10.1. The molecule has 34 heavy (non-hydrogen) atoms. The van der Waals surface area contributed by atoms with E-state index < -0.39 is 14.9 Å². The van der Waals surface area contributed by atoms with E-state index in [4.69, 9.17) is 4.52 Å². The molecule has 0 N–H and O–H groups in total. The summed E-state index contributed by atoms with van der Waals surface area (Å²) in [5.74, 6) is 0.367. The van der Waals surface area contributed by atoms with Crippen molar-refractivity contribution >= 4 is 21.6 Å². The molecule has 1 aliphatic heterocycles. The third-order valence-corrected chi connectivity index (χ3v) is 7.55.